The molecule has 2 aromatic rings. The second-order valence-corrected chi connectivity index (χ2v) is 2.26. The Labute approximate surface area is 87.3 Å². The second-order valence-electron chi connectivity index (χ2n) is 2.26. The molecule has 2 rings (SSSR count). The first kappa shape index (κ1) is 8.78. The monoisotopic (exact) mass is 154 g/mol. The average molecular weight is 154 g/mol. The maximum Gasteiger partial charge on any atom is 1.00 e. The number of nitrogens with zero attached hydrogens (tertiary/aromatic N) is 2. The second kappa shape index (κ2) is 3.39. The molecule has 50 valence electrons. The molecule has 0 saturated carbocycles. The van der Waals surface area contributed by atoms with Crippen molar-refractivity contribution in [2.24, 2.45) is 0 Å². The molecule has 0 spiro atoms. The predicted octanol–water partition coefficient (Wildman–Crippen LogP) is -1.50. The van der Waals surface area contributed by atoms with Crippen molar-refractivity contribution in [3.05, 3.63) is 30.1 Å². The fourth-order valence-electron chi connectivity index (χ4n) is 1.03. The molecule has 1 aromatic heterocycles. The van der Waals surface area contributed by atoms with E-state index < -0.39 is 0 Å². The van der Waals surface area contributed by atoms with Crippen LogP contribution in [0.1, 0.15) is 5.82 Å². The third-order valence-electron chi connectivity index (χ3n) is 1.45. The molecule has 11 heavy (non-hydrogen) atoms. The van der Waals surface area contributed by atoms with Crippen molar-refractivity contribution in [3.8, 4) is 0 Å². The Morgan fingerprint density at radius 2 is 2.00 bits per heavy atom. The van der Waals surface area contributed by atoms with Crippen molar-refractivity contribution in [3.63, 3.8) is 0 Å². The van der Waals surface area contributed by atoms with Crippen LogP contribution in [0.4, 0.5) is 0 Å². The Kier molecular flexibility index (Phi) is 2.71. The van der Waals surface area contributed by atoms with Gasteiger partial charge in [0.05, 0.1) is 0 Å². The van der Waals surface area contributed by atoms with Crippen molar-refractivity contribution >= 4 is 11.0 Å². The molecule has 0 fully saturated rings. The van der Waals surface area contributed by atoms with E-state index >= 15 is 0 Å². The molecule has 0 N–H and O–H groups in total. The summed E-state index contributed by atoms with van der Waals surface area (Å²) >= 11 is 0. The normalized spacial score (nSPS) is 9.55. The van der Waals surface area contributed by atoms with E-state index in [1.54, 1.807) is 0 Å². The molecule has 0 bridgehead atoms. The number of fused-ring (bicyclic) bond motifs is 1. The summed E-state index contributed by atoms with van der Waals surface area (Å²) in [5.74, 6) is 0.848. The van der Waals surface area contributed by atoms with Gasteiger partial charge in [0, 0.05) is 0 Å². The molecular formula is C8H7N2Na. The first-order chi connectivity index (χ1) is 4.86. The van der Waals surface area contributed by atoms with E-state index in [4.69, 9.17) is 0 Å². The zero-order chi connectivity index (χ0) is 6.97. The molecule has 0 saturated heterocycles. The van der Waals surface area contributed by atoms with Gasteiger partial charge in [0.1, 0.15) is 0 Å². The summed E-state index contributed by atoms with van der Waals surface area (Å²) < 4.78 is 0. The van der Waals surface area contributed by atoms with Gasteiger partial charge in [-0.05, 0) is 18.0 Å². The minimum absolute atomic E-state index is 0. The molecule has 0 radical (unpaired) electrons. The smallest absolute Gasteiger partial charge is 0.440 e. The van der Waals surface area contributed by atoms with Gasteiger partial charge < -0.3 is 9.97 Å². The number of hydrogen-bond donors (Lipinski definition) is 0. The number of hydrogen-bond acceptors (Lipinski definition) is 1. The fraction of sp³-hybridized carbons (Fsp3) is 0.125. The Hall–Kier alpha value is -0.310. The molecule has 1 aromatic carbocycles. The van der Waals surface area contributed by atoms with Gasteiger partial charge in [0.15, 0.2) is 0 Å². The molecule has 0 amide bonds. The largest absolute Gasteiger partial charge is 1.00 e. The Morgan fingerprint density at radius 1 is 1.27 bits per heavy atom. The molecule has 0 aliphatic carbocycles. The van der Waals surface area contributed by atoms with E-state index in [0.29, 0.717) is 0 Å². The van der Waals surface area contributed by atoms with Crippen molar-refractivity contribution in [1.82, 2.24) is 9.97 Å². The summed E-state index contributed by atoms with van der Waals surface area (Å²) in [6.45, 7) is 1.90. The Bertz CT molecular complexity index is 321. The van der Waals surface area contributed by atoms with E-state index in [2.05, 4.69) is 9.97 Å². The molecule has 3 heteroatoms. The number of para-hydroxylation sites is 2. The quantitative estimate of drug-likeness (QED) is 0.432. The number of rotatable bonds is 0. The first-order valence-electron chi connectivity index (χ1n) is 3.22. The Balaban J connectivity index is 0.000000605. The topological polar surface area (TPSA) is 27.0 Å². The minimum Gasteiger partial charge on any atom is -0.440 e. The standard InChI is InChI=1S/C8H7N2.Na/c1-6-9-7-4-2-3-5-8(7)10-6;/h2-5H,1H3;/q-1;+1. The Morgan fingerprint density at radius 3 is 2.73 bits per heavy atom. The van der Waals surface area contributed by atoms with E-state index in [0.717, 1.165) is 16.9 Å². The van der Waals surface area contributed by atoms with E-state index in [1.807, 2.05) is 31.2 Å². The average Bonchev–Trinajstić information content (AvgIpc) is 2.27. The van der Waals surface area contributed by atoms with Crippen LogP contribution in [0, 0.1) is 6.92 Å². The van der Waals surface area contributed by atoms with Crippen LogP contribution in [-0.2, 0) is 0 Å². The van der Waals surface area contributed by atoms with Gasteiger partial charge in [0.25, 0.3) is 0 Å². The van der Waals surface area contributed by atoms with Gasteiger partial charge >= 0.3 is 29.6 Å². The zero-order valence-corrected chi connectivity index (χ0v) is 8.70. The number of aromatic nitrogens is 2. The van der Waals surface area contributed by atoms with Crippen LogP contribution in [0.2, 0.25) is 0 Å². The van der Waals surface area contributed by atoms with Crippen LogP contribution in [-0.4, -0.2) is 4.98 Å². The third kappa shape index (κ3) is 1.64. The van der Waals surface area contributed by atoms with Crippen LogP contribution in [0.3, 0.4) is 0 Å². The SMILES string of the molecule is Cc1nc2ccccc2[n-]1.[Na+]. The van der Waals surface area contributed by atoms with E-state index in [9.17, 15) is 0 Å². The van der Waals surface area contributed by atoms with Gasteiger partial charge in [-0.2, -0.15) is 0 Å². The van der Waals surface area contributed by atoms with Crippen molar-refractivity contribution < 1.29 is 29.6 Å². The van der Waals surface area contributed by atoms with E-state index in [-0.39, 0.29) is 29.6 Å². The van der Waals surface area contributed by atoms with Crippen molar-refractivity contribution in [1.29, 1.82) is 0 Å². The van der Waals surface area contributed by atoms with E-state index in [1.165, 1.54) is 0 Å². The summed E-state index contributed by atoms with van der Waals surface area (Å²) in [6, 6.07) is 7.87. The summed E-state index contributed by atoms with van der Waals surface area (Å²) in [5.41, 5.74) is 1.97. The fourth-order valence-corrected chi connectivity index (χ4v) is 1.03. The van der Waals surface area contributed by atoms with Gasteiger partial charge in [0.2, 0.25) is 0 Å². The number of benzene rings is 1. The molecule has 0 atom stereocenters. The maximum atomic E-state index is 4.20. The van der Waals surface area contributed by atoms with Crippen molar-refractivity contribution in [2.75, 3.05) is 0 Å². The number of imidazole rings is 1. The van der Waals surface area contributed by atoms with Crippen LogP contribution in [0.25, 0.3) is 11.0 Å². The predicted molar refractivity (Wildman–Crippen MR) is 39.8 cm³/mol. The maximum absolute atomic E-state index is 4.20. The molecule has 0 aliphatic heterocycles. The summed E-state index contributed by atoms with van der Waals surface area (Å²) in [7, 11) is 0. The molecule has 0 unspecified atom stereocenters. The van der Waals surface area contributed by atoms with Gasteiger partial charge in [-0.15, -0.1) is 0 Å². The third-order valence-corrected chi connectivity index (χ3v) is 1.45. The minimum atomic E-state index is 0. The first-order valence-corrected chi connectivity index (χ1v) is 3.22. The van der Waals surface area contributed by atoms with Gasteiger partial charge in [-0.3, -0.25) is 0 Å². The van der Waals surface area contributed by atoms with Crippen LogP contribution in [0.15, 0.2) is 24.3 Å². The van der Waals surface area contributed by atoms with Gasteiger partial charge in [-0.1, -0.05) is 30.1 Å². The number of aryl methyl sites for hydroxylation is 1. The van der Waals surface area contributed by atoms with Gasteiger partial charge in [-0.25, -0.2) is 0 Å². The molecule has 0 aliphatic rings. The zero-order valence-electron chi connectivity index (χ0n) is 6.70. The molecule has 2 nitrogen and oxygen atoms in total. The molecular weight excluding hydrogens is 147 g/mol. The van der Waals surface area contributed by atoms with Crippen molar-refractivity contribution in [2.45, 2.75) is 6.92 Å². The van der Waals surface area contributed by atoms with Crippen LogP contribution >= 0.6 is 0 Å². The summed E-state index contributed by atoms with van der Waals surface area (Å²) in [4.78, 5) is 8.40. The van der Waals surface area contributed by atoms with Crippen LogP contribution < -0.4 is 34.5 Å². The molecule has 1 heterocycles. The summed E-state index contributed by atoms with van der Waals surface area (Å²) in [5, 5.41) is 0. The summed E-state index contributed by atoms with van der Waals surface area (Å²) in [6.07, 6.45) is 0. The van der Waals surface area contributed by atoms with Crippen LogP contribution in [0.5, 0.6) is 0 Å².